The van der Waals surface area contributed by atoms with Gasteiger partial charge in [-0.1, -0.05) is 12.1 Å². The Morgan fingerprint density at radius 2 is 1.88 bits per heavy atom. The highest BCUT2D eigenvalue weighted by Gasteiger charge is 2.13. The maximum absolute atomic E-state index is 12.1. The third-order valence-corrected chi connectivity index (χ3v) is 3.55. The molecule has 24 heavy (non-hydrogen) atoms. The van der Waals surface area contributed by atoms with Crippen molar-refractivity contribution < 1.29 is 9.59 Å². The maximum Gasteiger partial charge on any atom is 0.226 e. The van der Waals surface area contributed by atoms with Crippen LogP contribution in [0.15, 0.2) is 48.5 Å². The van der Waals surface area contributed by atoms with Crippen molar-refractivity contribution in [2.75, 3.05) is 16.8 Å². The Balaban J connectivity index is 1.97. The van der Waals surface area contributed by atoms with Crippen LogP contribution >= 0.6 is 0 Å². The molecule has 2 aromatic carbocycles. The molecule has 0 unspecified atom stereocenters. The van der Waals surface area contributed by atoms with E-state index in [1.807, 2.05) is 37.3 Å². The number of hydrogen-bond donors (Lipinski definition) is 1. The summed E-state index contributed by atoms with van der Waals surface area (Å²) in [6, 6.07) is 16.3. The summed E-state index contributed by atoms with van der Waals surface area (Å²) < 4.78 is 0. The molecule has 0 heterocycles. The molecule has 0 bridgehead atoms. The van der Waals surface area contributed by atoms with Gasteiger partial charge in [-0.2, -0.15) is 5.26 Å². The normalized spacial score (nSPS) is 9.88. The first kappa shape index (κ1) is 17.2. The van der Waals surface area contributed by atoms with Crippen LogP contribution in [-0.2, 0) is 9.59 Å². The van der Waals surface area contributed by atoms with Crippen LogP contribution in [-0.4, -0.2) is 18.4 Å². The van der Waals surface area contributed by atoms with Gasteiger partial charge in [-0.3, -0.25) is 9.59 Å². The van der Waals surface area contributed by atoms with Crippen molar-refractivity contribution in [3.05, 3.63) is 59.7 Å². The Kier molecular flexibility index (Phi) is 5.69. The van der Waals surface area contributed by atoms with Crippen LogP contribution in [0.2, 0.25) is 0 Å². The highest BCUT2D eigenvalue weighted by molar-refractivity contribution is 5.94. The largest absolute Gasteiger partial charge is 0.326 e. The van der Waals surface area contributed by atoms with Crippen LogP contribution in [0.25, 0.3) is 0 Å². The van der Waals surface area contributed by atoms with E-state index in [0.29, 0.717) is 17.8 Å². The maximum atomic E-state index is 12.1. The molecule has 5 nitrogen and oxygen atoms in total. The summed E-state index contributed by atoms with van der Waals surface area (Å²) in [5.41, 5.74) is 3.01. The Morgan fingerprint density at radius 3 is 2.46 bits per heavy atom. The van der Waals surface area contributed by atoms with E-state index >= 15 is 0 Å². The SMILES string of the molecule is CC(=O)N(CCC(=O)Nc1ccc(C#N)cc1)c1cccc(C)c1. The number of anilines is 2. The zero-order valence-electron chi connectivity index (χ0n) is 13.7. The minimum absolute atomic E-state index is 0.105. The number of nitriles is 1. The highest BCUT2D eigenvalue weighted by atomic mass is 16.2. The summed E-state index contributed by atoms with van der Waals surface area (Å²) in [7, 11) is 0. The minimum atomic E-state index is -0.182. The summed E-state index contributed by atoms with van der Waals surface area (Å²) in [5.74, 6) is -0.287. The first-order valence-corrected chi connectivity index (χ1v) is 7.64. The van der Waals surface area contributed by atoms with Crippen molar-refractivity contribution in [3.63, 3.8) is 0 Å². The second-order valence-electron chi connectivity index (χ2n) is 5.50. The lowest BCUT2D eigenvalue weighted by Gasteiger charge is -2.21. The van der Waals surface area contributed by atoms with Crippen molar-refractivity contribution in [1.29, 1.82) is 5.26 Å². The van der Waals surface area contributed by atoms with Crippen LogP contribution in [0, 0.1) is 18.3 Å². The third-order valence-electron chi connectivity index (χ3n) is 3.55. The van der Waals surface area contributed by atoms with E-state index in [1.165, 1.54) is 6.92 Å². The molecule has 5 heteroatoms. The summed E-state index contributed by atoms with van der Waals surface area (Å²) in [4.78, 5) is 25.5. The molecular weight excluding hydrogens is 302 g/mol. The Bertz CT molecular complexity index is 776. The molecule has 0 radical (unpaired) electrons. The van der Waals surface area contributed by atoms with Gasteiger partial charge in [0.15, 0.2) is 0 Å². The predicted octanol–water partition coefficient (Wildman–Crippen LogP) is 3.25. The van der Waals surface area contributed by atoms with Gasteiger partial charge < -0.3 is 10.2 Å². The predicted molar refractivity (Wildman–Crippen MR) is 93.6 cm³/mol. The first-order chi connectivity index (χ1) is 11.5. The van der Waals surface area contributed by atoms with Gasteiger partial charge in [0.1, 0.15) is 0 Å². The number of benzene rings is 2. The fourth-order valence-electron chi connectivity index (χ4n) is 2.33. The zero-order chi connectivity index (χ0) is 17.5. The molecule has 1 N–H and O–H groups in total. The molecule has 122 valence electrons. The van der Waals surface area contributed by atoms with E-state index in [-0.39, 0.29) is 18.2 Å². The molecule has 2 amide bonds. The van der Waals surface area contributed by atoms with Crippen LogP contribution in [0.1, 0.15) is 24.5 Å². The first-order valence-electron chi connectivity index (χ1n) is 7.64. The number of amides is 2. The average molecular weight is 321 g/mol. The van der Waals surface area contributed by atoms with Crippen molar-refractivity contribution in [2.24, 2.45) is 0 Å². The van der Waals surface area contributed by atoms with Gasteiger partial charge in [0, 0.05) is 31.3 Å². The number of hydrogen-bond acceptors (Lipinski definition) is 3. The van der Waals surface area contributed by atoms with Crippen molar-refractivity contribution in [1.82, 2.24) is 0 Å². The number of rotatable bonds is 5. The lowest BCUT2D eigenvalue weighted by Crippen LogP contribution is -2.32. The highest BCUT2D eigenvalue weighted by Crippen LogP contribution is 2.17. The Hall–Kier alpha value is -3.13. The summed E-state index contributed by atoms with van der Waals surface area (Å²) >= 11 is 0. The Morgan fingerprint density at radius 1 is 1.17 bits per heavy atom. The van der Waals surface area contributed by atoms with Gasteiger partial charge >= 0.3 is 0 Å². The summed E-state index contributed by atoms with van der Waals surface area (Å²) in [5, 5.41) is 11.5. The molecular formula is C19H19N3O2. The van der Waals surface area contributed by atoms with Crippen LogP contribution in [0.5, 0.6) is 0 Å². The van der Waals surface area contributed by atoms with Crippen LogP contribution in [0.3, 0.4) is 0 Å². The quantitative estimate of drug-likeness (QED) is 0.918. The number of nitrogens with one attached hydrogen (secondary N) is 1. The molecule has 0 fully saturated rings. The fraction of sp³-hybridized carbons (Fsp3) is 0.211. The van der Waals surface area contributed by atoms with E-state index in [1.54, 1.807) is 29.2 Å². The van der Waals surface area contributed by atoms with Crippen molar-refractivity contribution in [3.8, 4) is 6.07 Å². The molecule has 0 spiro atoms. The second-order valence-corrected chi connectivity index (χ2v) is 5.50. The average Bonchev–Trinajstić information content (AvgIpc) is 2.55. The van der Waals surface area contributed by atoms with E-state index in [2.05, 4.69) is 5.32 Å². The summed E-state index contributed by atoms with van der Waals surface area (Å²) in [6.45, 7) is 3.75. The van der Waals surface area contributed by atoms with Crippen molar-refractivity contribution >= 4 is 23.2 Å². The molecule has 0 aromatic heterocycles. The number of aryl methyl sites for hydroxylation is 1. The molecule has 0 atom stereocenters. The van der Waals surface area contributed by atoms with Gasteiger partial charge in [-0.05, 0) is 48.9 Å². The van der Waals surface area contributed by atoms with E-state index in [4.69, 9.17) is 5.26 Å². The van der Waals surface area contributed by atoms with E-state index in [0.717, 1.165) is 11.3 Å². The lowest BCUT2D eigenvalue weighted by molar-refractivity contribution is -0.117. The number of nitrogens with zero attached hydrogens (tertiary/aromatic N) is 2. The molecule has 0 aliphatic heterocycles. The standard InChI is InChI=1S/C19H19N3O2/c1-14-4-3-5-18(12-14)22(15(2)23)11-10-19(24)21-17-8-6-16(13-20)7-9-17/h3-9,12H,10-11H2,1-2H3,(H,21,24). The number of carbonyl (C=O) groups is 2. The zero-order valence-corrected chi connectivity index (χ0v) is 13.7. The smallest absolute Gasteiger partial charge is 0.226 e. The third kappa shape index (κ3) is 4.68. The van der Waals surface area contributed by atoms with Gasteiger partial charge in [0.2, 0.25) is 11.8 Å². The fourth-order valence-corrected chi connectivity index (χ4v) is 2.33. The molecule has 2 rings (SSSR count). The summed E-state index contributed by atoms with van der Waals surface area (Å²) in [6.07, 6.45) is 0.188. The second kappa shape index (κ2) is 7.93. The molecule has 0 saturated carbocycles. The van der Waals surface area contributed by atoms with Gasteiger partial charge in [-0.15, -0.1) is 0 Å². The van der Waals surface area contributed by atoms with Gasteiger partial charge in [0.05, 0.1) is 11.6 Å². The minimum Gasteiger partial charge on any atom is -0.326 e. The van der Waals surface area contributed by atoms with Crippen LogP contribution < -0.4 is 10.2 Å². The molecule has 0 saturated heterocycles. The van der Waals surface area contributed by atoms with Gasteiger partial charge in [-0.25, -0.2) is 0 Å². The number of carbonyl (C=O) groups excluding carboxylic acids is 2. The Labute approximate surface area is 141 Å². The molecule has 0 aliphatic rings. The molecule has 2 aromatic rings. The van der Waals surface area contributed by atoms with Gasteiger partial charge in [0.25, 0.3) is 0 Å². The van der Waals surface area contributed by atoms with E-state index < -0.39 is 0 Å². The topological polar surface area (TPSA) is 73.2 Å². The lowest BCUT2D eigenvalue weighted by atomic mass is 10.2. The molecule has 0 aliphatic carbocycles. The van der Waals surface area contributed by atoms with Crippen molar-refractivity contribution in [2.45, 2.75) is 20.3 Å². The monoisotopic (exact) mass is 321 g/mol. The van der Waals surface area contributed by atoms with Crippen LogP contribution in [0.4, 0.5) is 11.4 Å². The van der Waals surface area contributed by atoms with E-state index in [9.17, 15) is 9.59 Å².